The van der Waals surface area contributed by atoms with Crippen LogP contribution < -0.4 is 4.74 Å². The lowest BCUT2D eigenvalue weighted by molar-refractivity contribution is 0.414. The Kier molecular flexibility index (Phi) is 5.48. The molecule has 4 heteroatoms. The van der Waals surface area contributed by atoms with Crippen molar-refractivity contribution >= 4 is 47.8 Å². The number of benzene rings is 2. The molecule has 0 aliphatic rings. The van der Waals surface area contributed by atoms with Crippen LogP contribution in [-0.2, 0) is 6.42 Å². The molecular weight excluding hydrogens is 436 g/mol. The van der Waals surface area contributed by atoms with E-state index in [0.29, 0.717) is 0 Å². The van der Waals surface area contributed by atoms with E-state index in [1.165, 1.54) is 11.1 Å². The summed E-state index contributed by atoms with van der Waals surface area (Å²) >= 11 is 10.9. The number of ether oxygens (including phenoxy) is 1. The van der Waals surface area contributed by atoms with E-state index < -0.39 is 0 Å². The molecule has 1 nitrogen and oxygen atoms in total. The molecule has 0 amide bonds. The van der Waals surface area contributed by atoms with Gasteiger partial charge in [0.25, 0.3) is 0 Å². The summed E-state index contributed by atoms with van der Waals surface area (Å²) in [5.41, 5.74) is 2.51. The highest BCUT2D eigenvalue weighted by Gasteiger charge is 2.12. The summed E-state index contributed by atoms with van der Waals surface area (Å²) in [5, 5.41) is 0. The minimum Gasteiger partial charge on any atom is -0.497 e. The number of hydrogen-bond donors (Lipinski definition) is 0. The Morgan fingerprint density at radius 2 is 1.89 bits per heavy atom. The largest absolute Gasteiger partial charge is 0.497 e. The molecule has 0 spiro atoms. The second kappa shape index (κ2) is 6.91. The van der Waals surface area contributed by atoms with E-state index in [1.54, 1.807) is 7.11 Å². The van der Waals surface area contributed by atoms with E-state index in [1.807, 2.05) is 18.2 Å². The molecule has 2 aromatic rings. The first-order valence-electron chi connectivity index (χ1n) is 5.82. The molecule has 0 saturated heterocycles. The van der Waals surface area contributed by atoms with Gasteiger partial charge in [0.15, 0.2) is 0 Å². The Morgan fingerprint density at radius 1 is 1.11 bits per heavy atom. The first-order chi connectivity index (χ1) is 9.10. The first kappa shape index (κ1) is 15.1. The number of rotatable bonds is 4. The molecule has 0 aliphatic heterocycles. The highest BCUT2D eigenvalue weighted by atomic mass is 79.9. The Labute approximate surface area is 138 Å². The molecule has 0 N–H and O–H groups in total. The summed E-state index contributed by atoms with van der Waals surface area (Å²) < 4.78 is 7.38. The van der Waals surface area contributed by atoms with Crippen molar-refractivity contribution in [3.63, 3.8) is 0 Å². The molecule has 0 aromatic heterocycles. The molecule has 19 heavy (non-hydrogen) atoms. The van der Waals surface area contributed by atoms with Gasteiger partial charge in [0.05, 0.1) is 7.11 Å². The van der Waals surface area contributed by atoms with Gasteiger partial charge in [-0.25, -0.2) is 0 Å². The predicted molar refractivity (Wildman–Crippen MR) is 90.2 cm³/mol. The van der Waals surface area contributed by atoms with Crippen LogP contribution in [0.2, 0.25) is 0 Å². The van der Waals surface area contributed by atoms with E-state index >= 15 is 0 Å². The predicted octanol–water partition coefficient (Wildman–Crippen LogP) is 5.90. The van der Waals surface area contributed by atoms with E-state index in [2.05, 4.69) is 72.1 Å². The summed E-state index contributed by atoms with van der Waals surface area (Å²) in [5.74, 6) is 0.859. The lowest BCUT2D eigenvalue weighted by atomic mass is 10.0. The third kappa shape index (κ3) is 4.07. The third-order valence-electron chi connectivity index (χ3n) is 2.85. The van der Waals surface area contributed by atoms with Crippen molar-refractivity contribution in [1.82, 2.24) is 0 Å². The van der Waals surface area contributed by atoms with E-state index in [4.69, 9.17) is 4.74 Å². The lowest BCUT2D eigenvalue weighted by Crippen LogP contribution is -1.97. The maximum absolute atomic E-state index is 5.21. The normalized spacial score (nSPS) is 12.2. The van der Waals surface area contributed by atoms with Crippen LogP contribution >= 0.6 is 47.8 Å². The SMILES string of the molecule is COc1ccc(C(Br)Cc2cccc(Br)c2)c(Br)c1. The minimum absolute atomic E-state index is 0.266. The highest BCUT2D eigenvalue weighted by molar-refractivity contribution is 9.11. The zero-order chi connectivity index (χ0) is 13.8. The van der Waals surface area contributed by atoms with Crippen LogP contribution in [0.15, 0.2) is 51.4 Å². The molecule has 0 aliphatic carbocycles. The standard InChI is InChI=1S/C15H13Br3O/c1-19-12-5-6-13(15(18)9-12)14(17)8-10-3-2-4-11(16)7-10/h2-7,9,14H,8H2,1H3. The van der Waals surface area contributed by atoms with Crippen LogP contribution in [-0.4, -0.2) is 7.11 Å². The second-order valence-corrected chi connectivity index (χ2v) is 7.06. The van der Waals surface area contributed by atoms with Gasteiger partial charge >= 0.3 is 0 Å². The van der Waals surface area contributed by atoms with Crippen LogP contribution in [0.1, 0.15) is 16.0 Å². The number of alkyl halides is 1. The van der Waals surface area contributed by atoms with Gasteiger partial charge in [-0.15, -0.1) is 0 Å². The minimum atomic E-state index is 0.266. The van der Waals surface area contributed by atoms with Gasteiger partial charge < -0.3 is 4.74 Å². The number of hydrogen-bond acceptors (Lipinski definition) is 1. The van der Waals surface area contributed by atoms with Gasteiger partial charge in [0, 0.05) is 13.8 Å². The Bertz CT molecular complexity index is 569. The van der Waals surface area contributed by atoms with Crippen molar-refractivity contribution in [1.29, 1.82) is 0 Å². The Hall–Kier alpha value is -0.320. The fraction of sp³-hybridized carbons (Fsp3) is 0.200. The van der Waals surface area contributed by atoms with Crippen LogP contribution in [0.3, 0.4) is 0 Å². The van der Waals surface area contributed by atoms with Gasteiger partial charge in [0.2, 0.25) is 0 Å². The van der Waals surface area contributed by atoms with Gasteiger partial charge in [-0.05, 0) is 41.8 Å². The second-order valence-electron chi connectivity index (χ2n) is 4.19. The van der Waals surface area contributed by atoms with Gasteiger partial charge in [0.1, 0.15) is 5.75 Å². The monoisotopic (exact) mass is 446 g/mol. The van der Waals surface area contributed by atoms with E-state index in [0.717, 1.165) is 21.1 Å². The van der Waals surface area contributed by atoms with E-state index in [-0.39, 0.29) is 4.83 Å². The summed E-state index contributed by atoms with van der Waals surface area (Å²) in [4.78, 5) is 0.266. The maximum Gasteiger partial charge on any atom is 0.120 e. The summed E-state index contributed by atoms with van der Waals surface area (Å²) in [6.45, 7) is 0. The molecule has 0 heterocycles. The molecule has 0 radical (unpaired) electrons. The quantitative estimate of drug-likeness (QED) is 0.529. The van der Waals surface area contributed by atoms with Gasteiger partial charge in [-0.1, -0.05) is 66.0 Å². The third-order valence-corrected chi connectivity index (χ3v) is 4.85. The molecule has 2 aromatic carbocycles. The molecular formula is C15H13Br3O. The van der Waals surface area contributed by atoms with Gasteiger partial charge in [-0.2, -0.15) is 0 Å². The van der Waals surface area contributed by atoms with Crippen molar-refractivity contribution in [3.8, 4) is 5.75 Å². The number of halogens is 3. The zero-order valence-electron chi connectivity index (χ0n) is 10.4. The average molecular weight is 449 g/mol. The fourth-order valence-electron chi connectivity index (χ4n) is 1.87. The van der Waals surface area contributed by atoms with Crippen molar-refractivity contribution in [2.45, 2.75) is 11.2 Å². The molecule has 1 atom stereocenters. The van der Waals surface area contributed by atoms with Crippen molar-refractivity contribution in [2.24, 2.45) is 0 Å². The van der Waals surface area contributed by atoms with Gasteiger partial charge in [-0.3, -0.25) is 0 Å². The Balaban J connectivity index is 2.18. The smallest absolute Gasteiger partial charge is 0.120 e. The highest BCUT2D eigenvalue weighted by Crippen LogP contribution is 2.34. The zero-order valence-corrected chi connectivity index (χ0v) is 15.1. The average Bonchev–Trinajstić information content (AvgIpc) is 2.38. The van der Waals surface area contributed by atoms with E-state index in [9.17, 15) is 0 Å². The van der Waals surface area contributed by atoms with Crippen molar-refractivity contribution in [3.05, 3.63) is 62.5 Å². The summed E-state index contributed by atoms with van der Waals surface area (Å²) in [6, 6.07) is 14.4. The van der Waals surface area contributed by atoms with Crippen LogP contribution in [0.5, 0.6) is 5.75 Å². The van der Waals surface area contributed by atoms with Crippen LogP contribution in [0.25, 0.3) is 0 Å². The van der Waals surface area contributed by atoms with Crippen LogP contribution in [0.4, 0.5) is 0 Å². The topological polar surface area (TPSA) is 9.23 Å². The molecule has 2 rings (SSSR count). The first-order valence-corrected chi connectivity index (χ1v) is 8.32. The summed E-state index contributed by atoms with van der Waals surface area (Å²) in [7, 11) is 1.68. The lowest BCUT2D eigenvalue weighted by Gasteiger charge is -2.13. The van der Waals surface area contributed by atoms with Crippen molar-refractivity contribution in [2.75, 3.05) is 7.11 Å². The number of methoxy groups -OCH3 is 1. The van der Waals surface area contributed by atoms with Crippen LogP contribution in [0, 0.1) is 0 Å². The van der Waals surface area contributed by atoms with Crippen molar-refractivity contribution < 1.29 is 4.74 Å². The molecule has 0 saturated carbocycles. The maximum atomic E-state index is 5.21. The Morgan fingerprint density at radius 3 is 2.53 bits per heavy atom. The molecule has 0 fully saturated rings. The molecule has 100 valence electrons. The fourth-order valence-corrected chi connectivity index (χ4v) is 4.03. The summed E-state index contributed by atoms with van der Waals surface area (Å²) in [6.07, 6.45) is 0.935. The molecule has 1 unspecified atom stereocenters. The molecule has 0 bridgehead atoms.